The molecular weight excluding hydrogens is 276 g/mol. The highest BCUT2D eigenvalue weighted by atomic mass is 35.5. The maximum absolute atomic E-state index is 11.7. The summed E-state index contributed by atoms with van der Waals surface area (Å²) in [4.78, 5) is 11.7. The molecule has 0 aliphatic heterocycles. The number of rotatable bonds is 6. The molecule has 0 spiro atoms. The van der Waals surface area contributed by atoms with E-state index < -0.39 is 0 Å². The summed E-state index contributed by atoms with van der Waals surface area (Å²) < 4.78 is 5.51. The van der Waals surface area contributed by atoms with Crippen molar-refractivity contribution in [3.63, 3.8) is 0 Å². The van der Waals surface area contributed by atoms with Gasteiger partial charge in [0.2, 0.25) is 5.91 Å². The Hall–Kier alpha value is -1.26. The second kappa shape index (κ2) is 8.82. The second-order valence-corrected chi connectivity index (χ2v) is 5.07. The zero-order chi connectivity index (χ0) is 13.5. The Morgan fingerprint density at radius 2 is 2.05 bits per heavy atom. The standard InChI is InChI=1S/C15H22N2O2.ClH/c16-14-8-4-5-12(14)11-15(18)17-9-10-19-13-6-2-1-3-7-13;/h1-3,6-7,12,14H,4-5,8-11,16H2,(H,17,18);1H/t12-,14+;/m0./s1. The first-order valence-corrected chi connectivity index (χ1v) is 6.96. The van der Waals surface area contributed by atoms with Crippen LogP contribution >= 0.6 is 12.4 Å². The van der Waals surface area contributed by atoms with E-state index in [1.54, 1.807) is 0 Å². The lowest BCUT2D eigenvalue weighted by Crippen LogP contribution is -2.33. The van der Waals surface area contributed by atoms with Gasteiger partial charge < -0.3 is 15.8 Å². The van der Waals surface area contributed by atoms with Crippen LogP contribution in [0.5, 0.6) is 5.75 Å². The number of hydrogen-bond donors (Lipinski definition) is 2. The number of ether oxygens (including phenoxy) is 1. The van der Waals surface area contributed by atoms with Gasteiger partial charge in [0.15, 0.2) is 0 Å². The van der Waals surface area contributed by atoms with E-state index in [0.29, 0.717) is 25.5 Å². The molecule has 112 valence electrons. The van der Waals surface area contributed by atoms with Crippen molar-refractivity contribution in [1.29, 1.82) is 0 Å². The Morgan fingerprint density at radius 1 is 1.30 bits per heavy atom. The number of halogens is 1. The van der Waals surface area contributed by atoms with Crippen LogP contribution in [-0.4, -0.2) is 25.1 Å². The van der Waals surface area contributed by atoms with Crippen LogP contribution in [0.3, 0.4) is 0 Å². The highest BCUT2D eigenvalue weighted by Gasteiger charge is 2.25. The Kier molecular flexibility index (Phi) is 7.41. The normalized spacial score (nSPS) is 21.1. The van der Waals surface area contributed by atoms with Gasteiger partial charge in [-0.15, -0.1) is 12.4 Å². The number of nitrogens with two attached hydrogens (primary N) is 1. The van der Waals surface area contributed by atoms with Crippen LogP contribution in [0.15, 0.2) is 30.3 Å². The third-order valence-electron chi connectivity index (χ3n) is 3.60. The molecule has 0 unspecified atom stereocenters. The van der Waals surface area contributed by atoms with Gasteiger partial charge in [0, 0.05) is 12.5 Å². The monoisotopic (exact) mass is 298 g/mol. The van der Waals surface area contributed by atoms with E-state index in [1.165, 1.54) is 0 Å². The molecule has 2 atom stereocenters. The van der Waals surface area contributed by atoms with Crippen molar-refractivity contribution < 1.29 is 9.53 Å². The molecule has 0 bridgehead atoms. The van der Waals surface area contributed by atoms with Gasteiger partial charge in [-0.05, 0) is 30.9 Å². The molecule has 3 N–H and O–H groups in total. The third kappa shape index (κ3) is 5.39. The third-order valence-corrected chi connectivity index (χ3v) is 3.60. The molecule has 1 fully saturated rings. The molecule has 1 aliphatic rings. The molecule has 1 aliphatic carbocycles. The van der Waals surface area contributed by atoms with Crippen molar-refractivity contribution in [2.45, 2.75) is 31.7 Å². The van der Waals surface area contributed by atoms with Gasteiger partial charge in [0.05, 0.1) is 6.54 Å². The summed E-state index contributed by atoms with van der Waals surface area (Å²) in [5.41, 5.74) is 5.95. The van der Waals surface area contributed by atoms with Crippen molar-refractivity contribution >= 4 is 18.3 Å². The van der Waals surface area contributed by atoms with Crippen LogP contribution in [0.25, 0.3) is 0 Å². The summed E-state index contributed by atoms with van der Waals surface area (Å²) in [6, 6.07) is 9.80. The Balaban J connectivity index is 0.00000200. The smallest absolute Gasteiger partial charge is 0.220 e. The van der Waals surface area contributed by atoms with Crippen molar-refractivity contribution in [2.24, 2.45) is 11.7 Å². The molecule has 0 aromatic heterocycles. The minimum atomic E-state index is 0. The van der Waals surface area contributed by atoms with Gasteiger partial charge in [-0.3, -0.25) is 4.79 Å². The first-order valence-electron chi connectivity index (χ1n) is 6.96. The predicted octanol–water partition coefficient (Wildman–Crippen LogP) is 2.12. The minimum Gasteiger partial charge on any atom is -0.492 e. The molecule has 20 heavy (non-hydrogen) atoms. The lowest BCUT2D eigenvalue weighted by atomic mass is 10.00. The molecule has 1 amide bonds. The van der Waals surface area contributed by atoms with Crippen molar-refractivity contribution in [1.82, 2.24) is 5.32 Å². The van der Waals surface area contributed by atoms with Crippen LogP contribution in [-0.2, 0) is 4.79 Å². The SMILES string of the molecule is Cl.N[C@@H]1CCC[C@H]1CC(=O)NCCOc1ccccc1. The van der Waals surface area contributed by atoms with Crippen LogP contribution in [0, 0.1) is 5.92 Å². The minimum absolute atomic E-state index is 0. The fraction of sp³-hybridized carbons (Fsp3) is 0.533. The number of nitrogens with one attached hydrogen (secondary N) is 1. The Morgan fingerprint density at radius 3 is 2.70 bits per heavy atom. The van der Waals surface area contributed by atoms with Gasteiger partial charge in [-0.2, -0.15) is 0 Å². The van der Waals surface area contributed by atoms with Gasteiger partial charge >= 0.3 is 0 Å². The second-order valence-electron chi connectivity index (χ2n) is 5.07. The van der Waals surface area contributed by atoms with E-state index in [2.05, 4.69) is 5.32 Å². The topological polar surface area (TPSA) is 64.4 Å². The average Bonchev–Trinajstić information content (AvgIpc) is 2.82. The van der Waals surface area contributed by atoms with E-state index in [-0.39, 0.29) is 24.4 Å². The summed E-state index contributed by atoms with van der Waals surface area (Å²) in [7, 11) is 0. The molecule has 1 aromatic rings. The summed E-state index contributed by atoms with van der Waals surface area (Å²) >= 11 is 0. The van der Waals surface area contributed by atoms with Crippen molar-refractivity contribution in [3.05, 3.63) is 30.3 Å². The number of hydrogen-bond acceptors (Lipinski definition) is 3. The van der Waals surface area contributed by atoms with Crippen LogP contribution in [0.4, 0.5) is 0 Å². The summed E-state index contributed by atoms with van der Waals surface area (Å²) in [6.45, 7) is 1.03. The van der Waals surface area contributed by atoms with Crippen molar-refractivity contribution in [2.75, 3.05) is 13.2 Å². The average molecular weight is 299 g/mol. The number of carbonyl (C=O) groups is 1. The van der Waals surface area contributed by atoms with Crippen LogP contribution in [0.2, 0.25) is 0 Å². The van der Waals surface area contributed by atoms with E-state index in [0.717, 1.165) is 25.0 Å². The number of benzene rings is 1. The van der Waals surface area contributed by atoms with Gasteiger partial charge in [0.1, 0.15) is 12.4 Å². The summed E-state index contributed by atoms with van der Waals surface area (Å²) in [5, 5.41) is 2.88. The molecule has 1 aromatic carbocycles. The summed E-state index contributed by atoms with van der Waals surface area (Å²) in [6.07, 6.45) is 3.83. The zero-order valence-electron chi connectivity index (χ0n) is 11.6. The Labute approximate surface area is 126 Å². The van der Waals surface area contributed by atoms with Gasteiger partial charge in [-0.1, -0.05) is 24.6 Å². The van der Waals surface area contributed by atoms with E-state index in [1.807, 2.05) is 30.3 Å². The highest BCUT2D eigenvalue weighted by molar-refractivity contribution is 5.85. The summed E-state index contributed by atoms with van der Waals surface area (Å²) in [5.74, 6) is 1.27. The lowest BCUT2D eigenvalue weighted by molar-refractivity contribution is -0.122. The predicted molar refractivity (Wildman–Crippen MR) is 82.1 cm³/mol. The Bertz CT molecular complexity index is 400. The van der Waals surface area contributed by atoms with Crippen LogP contribution in [0.1, 0.15) is 25.7 Å². The van der Waals surface area contributed by atoms with E-state index >= 15 is 0 Å². The quantitative estimate of drug-likeness (QED) is 0.791. The van der Waals surface area contributed by atoms with Crippen LogP contribution < -0.4 is 15.8 Å². The first-order chi connectivity index (χ1) is 9.25. The van der Waals surface area contributed by atoms with Gasteiger partial charge in [-0.25, -0.2) is 0 Å². The highest BCUT2D eigenvalue weighted by Crippen LogP contribution is 2.26. The zero-order valence-corrected chi connectivity index (χ0v) is 12.4. The molecule has 0 radical (unpaired) electrons. The first kappa shape index (κ1) is 16.8. The molecule has 1 saturated carbocycles. The molecule has 5 heteroatoms. The van der Waals surface area contributed by atoms with Gasteiger partial charge in [0.25, 0.3) is 0 Å². The fourth-order valence-electron chi connectivity index (χ4n) is 2.51. The number of carbonyl (C=O) groups excluding carboxylic acids is 1. The molecule has 0 saturated heterocycles. The maximum Gasteiger partial charge on any atom is 0.220 e. The fourth-order valence-corrected chi connectivity index (χ4v) is 2.51. The molecule has 2 rings (SSSR count). The van der Waals surface area contributed by atoms with E-state index in [4.69, 9.17) is 10.5 Å². The molecule has 0 heterocycles. The number of para-hydroxylation sites is 1. The largest absolute Gasteiger partial charge is 0.492 e. The number of amides is 1. The van der Waals surface area contributed by atoms with Crippen molar-refractivity contribution in [3.8, 4) is 5.75 Å². The maximum atomic E-state index is 11.7. The molecular formula is C15H23ClN2O2. The van der Waals surface area contributed by atoms with E-state index in [9.17, 15) is 4.79 Å². The molecule has 4 nitrogen and oxygen atoms in total. The lowest BCUT2D eigenvalue weighted by Gasteiger charge is -2.14.